The van der Waals surface area contributed by atoms with E-state index in [4.69, 9.17) is 10.5 Å². The fraction of sp³-hybridized carbons (Fsp3) is 0.250. The van der Waals surface area contributed by atoms with Crippen LogP contribution in [0, 0.1) is 5.82 Å². The fourth-order valence-electron chi connectivity index (χ4n) is 2.05. The smallest absolute Gasteiger partial charge is 0.148 e. The van der Waals surface area contributed by atoms with Crippen molar-refractivity contribution in [2.24, 2.45) is 0 Å². The highest BCUT2D eigenvalue weighted by Crippen LogP contribution is 2.26. The first-order valence-corrected chi connectivity index (χ1v) is 5.46. The Kier molecular flexibility index (Phi) is 2.33. The lowest BCUT2D eigenvalue weighted by Crippen LogP contribution is -2.09. The molecule has 0 unspecified atom stereocenters. The van der Waals surface area contributed by atoms with Crippen molar-refractivity contribution in [3.05, 3.63) is 41.3 Å². The van der Waals surface area contributed by atoms with E-state index in [0.29, 0.717) is 24.7 Å². The average Bonchev–Trinajstić information content (AvgIpc) is 2.68. The summed E-state index contributed by atoms with van der Waals surface area (Å²) in [6, 6.07) is 6.45. The van der Waals surface area contributed by atoms with Gasteiger partial charge < -0.3 is 10.5 Å². The molecule has 1 aliphatic heterocycles. The van der Waals surface area contributed by atoms with Crippen LogP contribution in [0.2, 0.25) is 0 Å². The molecule has 17 heavy (non-hydrogen) atoms. The Morgan fingerprint density at radius 1 is 1.35 bits per heavy atom. The number of hydrogen-bond donors (Lipinski definition) is 1. The van der Waals surface area contributed by atoms with Gasteiger partial charge in [-0.05, 0) is 12.1 Å². The van der Waals surface area contributed by atoms with Crippen LogP contribution in [-0.4, -0.2) is 16.4 Å². The largest absolute Gasteiger partial charge is 0.383 e. The standard InChI is InChI=1S/C12H12FN3O/c13-9-3-1-2-4-11(9)16-12(14)8-5-6-17-7-10(8)15-16/h1-4H,5-7,14H2. The predicted octanol–water partition coefficient (Wildman–Crippen LogP) is 1.67. The van der Waals surface area contributed by atoms with Crippen LogP contribution in [-0.2, 0) is 17.8 Å². The van der Waals surface area contributed by atoms with Crippen LogP contribution < -0.4 is 5.73 Å². The van der Waals surface area contributed by atoms with E-state index in [-0.39, 0.29) is 5.82 Å². The summed E-state index contributed by atoms with van der Waals surface area (Å²) in [5, 5.41) is 4.31. The number of anilines is 1. The lowest BCUT2D eigenvalue weighted by atomic mass is 10.1. The van der Waals surface area contributed by atoms with Gasteiger partial charge in [-0.15, -0.1) is 0 Å². The normalized spacial score (nSPS) is 14.6. The van der Waals surface area contributed by atoms with Gasteiger partial charge in [-0.3, -0.25) is 0 Å². The Hall–Kier alpha value is -1.88. The third kappa shape index (κ3) is 1.59. The predicted molar refractivity (Wildman–Crippen MR) is 61.3 cm³/mol. The highest BCUT2D eigenvalue weighted by molar-refractivity contribution is 5.50. The monoisotopic (exact) mass is 233 g/mol. The van der Waals surface area contributed by atoms with Crippen molar-refractivity contribution in [2.75, 3.05) is 12.3 Å². The number of para-hydroxylation sites is 1. The Morgan fingerprint density at radius 3 is 2.94 bits per heavy atom. The van der Waals surface area contributed by atoms with Crippen LogP contribution in [0.15, 0.2) is 24.3 Å². The van der Waals surface area contributed by atoms with E-state index in [1.165, 1.54) is 10.7 Å². The number of benzene rings is 1. The number of ether oxygens (including phenoxy) is 1. The summed E-state index contributed by atoms with van der Waals surface area (Å²) in [5.41, 5.74) is 8.15. The van der Waals surface area contributed by atoms with Gasteiger partial charge in [0.1, 0.15) is 17.3 Å². The number of hydrogen-bond acceptors (Lipinski definition) is 3. The molecule has 2 N–H and O–H groups in total. The zero-order chi connectivity index (χ0) is 11.8. The minimum atomic E-state index is -0.333. The summed E-state index contributed by atoms with van der Waals surface area (Å²) in [6.45, 7) is 1.08. The van der Waals surface area contributed by atoms with Gasteiger partial charge in [-0.1, -0.05) is 12.1 Å². The summed E-state index contributed by atoms with van der Waals surface area (Å²) < 4.78 is 20.4. The molecule has 0 fully saturated rings. The number of nitrogens with zero attached hydrogens (tertiary/aromatic N) is 2. The Morgan fingerprint density at radius 2 is 2.18 bits per heavy atom. The maximum absolute atomic E-state index is 13.7. The molecule has 0 saturated heterocycles. The average molecular weight is 233 g/mol. The lowest BCUT2D eigenvalue weighted by molar-refractivity contribution is 0.108. The topological polar surface area (TPSA) is 53.1 Å². The number of rotatable bonds is 1. The quantitative estimate of drug-likeness (QED) is 0.815. The maximum atomic E-state index is 13.7. The zero-order valence-electron chi connectivity index (χ0n) is 9.19. The Bertz CT molecular complexity index is 565. The highest BCUT2D eigenvalue weighted by Gasteiger charge is 2.20. The lowest BCUT2D eigenvalue weighted by Gasteiger charge is -2.10. The van der Waals surface area contributed by atoms with Crippen LogP contribution in [0.5, 0.6) is 0 Å². The van der Waals surface area contributed by atoms with Crippen molar-refractivity contribution in [1.82, 2.24) is 9.78 Å². The Balaban J connectivity index is 2.16. The van der Waals surface area contributed by atoms with Gasteiger partial charge in [0.15, 0.2) is 0 Å². The van der Waals surface area contributed by atoms with E-state index in [1.54, 1.807) is 18.2 Å². The van der Waals surface area contributed by atoms with Crippen LogP contribution in [0.3, 0.4) is 0 Å². The molecule has 2 heterocycles. The highest BCUT2D eigenvalue weighted by atomic mass is 19.1. The second kappa shape index (κ2) is 3.85. The summed E-state index contributed by atoms with van der Waals surface area (Å²) in [5.74, 6) is 0.174. The van der Waals surface area contributed by atoms with Gasteiger partial charge in [-0.25, -0.2) is 9.07 Å². The fourth-order valence-corrected chi connectivity index (χ4v) is 2.05. The molecule has 0 spiro atoms. The van der Waals surface area contributed by atoms with Crippen molar-refractivity contribution in [2.45, 2.75) is 13.0 Å². The summed E-state index contributed by atoms with van der Waals surface area (Å²) >= 11 is 0. The van der Waals surface area contributed by atoms with Crippen molar-refractivity contribution in [3.8, 4) is 5.69 Å². The molecule has 5 heteroatoms. The number of nitrogens with two attached hydrogens (primary N) is 1. The molecule has 0 amide bonds. The van der Waals surface area contributed by atoms with Gasteiger partial charge in [0, 0.05) is 12.0 Å². The van der Waals surface area contributed by atoms with Crippen LogP contribution in [0.4, 0.5) is 10.2 Å². The molecule has 0 saturated carbocycles. The molecule has 4 nitrogen and oxygen atoms in total. The molecule has 0 radical (unpaired) electrons. The molecule has 0 aliphatic carbocycles. The van der Waals surface area contributed by atoms with Gasteiger partial charge in [-0.2, -0.15) is 5.10 Å². The second-order valence-corrected chi connectivity index (χ2v) is 3.98. The molecule has 2 aromatic rings. The summed E-state index contributed by atoms with van der Waals surface area (Å²) in [7, 11) is 0. The van der Waals surface area contributed by atoms with Crippen LogP contribution >= 0.6 is 0 Å². The molecule has 1 aliphatic rings. The second-order valence-electron chi connectivity index (χ2n) is 3.98. The van der Waals surface area contributed by atoms with Crippen LogP contribution in [0.1, 0.15) is 11.3 Å². The third-order valence-electron chi connectivity index (χ3n) is 2.92. The SMILES string of the molecule is Nc1c2c(nn1-c1ccccc1F)COCC2. The van der Waals surface area contributed by atoms with E-state index in [0.717, 1.165) is 17.7 Å². The minimum absolute atomic E-state index is 0.333. The third-order valence-corrected chi connectivity index (χ3v) is 2.92. The van der Waals surface area contributed by atoms with E-state index in [9.17, 15) is 4.39 Å². The van der Waals surface area contributed by atoms with E-state index in [1.807, 2.05) is 0 Å². The molecule has 0 bridgehead atoms. The van der Waals surface area contributed by atoms with E-state index >= 15 is 0 Å². The van der Waals surface area contributed by atoms with E-state index in [2.05, 4.69) is 5.10 Å². The van der Waals surface area contributed by atoms with Gasteiger partial charge >= 0.3 is 0 Å². The van der Waals surface area contributed by atoms with Crippen molar-refractivity contribution in [1.29, 1.82) is 0 Å². The first kappa shape index (κ1) is 10.3. The van der Waals surface area contributed by atoms with E-state index < -0.39 is 0 Å². The zero-order valence-corrected chi connectivity index (χ0v) is 9.19. The summed E-state index contributed by atoms with van der Waals surface area (Å²) in [6.07, 6.45) is 0.732. The molecule has 88 valence electrons. The minimum Gasteiger partial charge on any atom is -0.383 e. The molecular formula is C12H12FN3O. The van der Waals surface area contributed by atoms with Crippen LogP contribution in [0.25, 0.3) is 5.69 Å². The number of nitrogen functional groups attached to an aromatic ring is 1. The summed E-state index contributed by atoms with van der Waals surface area (Å²) in [4.78, 5) is 0. The van der Waals surface area contributed by atoms with Gasteiger partial charge in [0.25, 0.3) is 0 Å². The first-order valence-electron chi connectivity index (χ1n) is 5.46. The van der Waals surface area contributed by atoms with Gasteiger partial charge in [0.2, 0.25) is 0 Å². The molecule has 1 aromatic heterocycles. The maximum Gasteiger partial charge on any atom is 0.148 e. The number of fused-ring (bicyclic) bond motifs is 1. The number of aromatic nitrogens is 2. The molecule has 1 aromatic carbocycles. The van der Waals surface area contributed by atoms with Crippen molar-refractivity contribution < 1.29 is 9.13 Å². The molecule has 3 rings (SSSR count). The molecule has 0 atom stereocenters. The Labute approximate surface area is 97.8 Å². The van der Waals surface area contributed by atoms with Crippen molar-refractivity contribution >= 4 is 5.82 Å². The van der Waals surface area contributed by atoms with Gasteiger partial charge in [0.05, 0.1) is 18.9 Å². The van der Waals surface area contributed by atoms with Crippen molar-refractivity contribution in [3.63, 3.8) is 0 Å². The molecular weight excluding hydrogens is 221 g/mol. The first-order chi connectivity index (χ1) is 8.27. The number of halogens is 1.